The first-order valence-corrected chi connectivity index (χ1v) is 9.99. The number of urea groups is 1. The molecular formula is C20H29N3O5. The van der Waals surface area contributed by atoms with Gasteiger partial charge in [0.1, 0.15) is 11.5 Å². The molecule has 2 fully saturated rings. The first kappa shape index (κ1) is 20.2. The van der Waals surface area contributed by atoms with Gasteiger partial charge in [-0.1, -0.05) is 0 Å². The summed E-state index contributed by atoms with van der Waals surface area (Å²) in [5.41, 5.74) is 0.564. The molecule has 8 nitrogen and oxygen atoms in total. The molecule has 1 saturated carbocycles. The number of amides is 3. The van der Waals surface area contributed by atoms with E-state index >= 15 is 0 Å². The van der Waals surface area contributed by atoms with Crippen LogP contribution in [0, 0.1) is 19.8 Å². The van der Waals surface area contributed by atoms with Crippen molar-refractivity contribution in [3.8, 4) is 0 Å². The van der Waals surface area contributed by atoms with Gasteiger partial charge in [-0.15, -0.1) is 0 Å². The van der Waals surface area contributed by atoms with Crippen molar-refractivity contribution in [1.29, 1.82) is 0 Å². The van der Waals surface area contributed by atoms with Crippen LogP contribution in [-0.2, 0) is 4.79 Å². The number of carboxylic acid groups (broad SMARTS) is 1. The van der Waals surface area contributed by atoms with Gasteiger partial charge in [-0.2, -0.15) is 0 Å². The van der Waals surface area contributed by atoms with Gasteiger partial charge in [-0.25, -0.2) is 4.79 Å². The van der Waals surface area contributed by atoms with E-state index in [1.807, 2.05) is 6.92 Å². The third kappa shape index (κ3) is 4.85. The average Bonchev–Trinajstić information content (AvgIpc) is 3.01. The highest BCUT2D eigenvalue weighted by molar-refractivity contribution is 5.95. The van der Waals surface area contributed by atoms with E-state index in [-0.39, 0.29) is 29.9 Å². The van der Waals surface area contributed by atoms with E-state index < -0.39 is 5.97 Å². The number of aryl methyl sites for hydroxylation is 2. The van der Waals surface area contributed by atoms with Crippen molar-refractivity contribution in [3.63, 3.8) is 0 Å². The minimum Gasteiger partial charge on any atom is -0.481 e. The summed E-state index contributed by atoms with van der Waals surface area (Å²) < 4.78 is 5.41. The molecular weight excluding hydrogens is 362 g/mol. The van der Waals surface area contributed by atoms with Crippen LogP contribution in [-0.4, -0.2) is 53.1 Å². The molecule has 0 aromatic carbocycles. The van der Waals surface area contributed by atoms with Crippen LogP contribution in [0.1, 0.15) is 60.4 Å². The van der Waals surface area contributed by atoms with E-state index in [1.54, 1.807) is 17.9 Å². The zero-order valence-corrected chi connectivity index (χ0v) is 16.5. The standard InChI is InChI=1S/C20H29N3O5/c1-12-11-17(13(2)28-12)18(24)21-16-7-9-23(10-8-16)20(27)22-15-5-3-14(4-6-15)19(25)26/h11,14-16H,3-10H2,1-2H3,(H,21,24)(H,22,27)(H,25,26). The summed E-state index contributed by atoms with van der Waals surface area (Å²) in [5, 5.41) is 15.1. The highest BCUT2D eigenvalue weighted by Crippen LogP contribution is 2.24. The monoisotopic (exact) mass is 391 g/mol. The van der Waals surface area contributed by atoms with E-state index in [9.17, 15) is 14.4 Å². The molecule has 0 bridgehead atoms. The molecule has 1 aliphatic carbocycles. The predicted molar refractivity (Wildman–Crippen MR) is 102 cm³/mol. The van der Waals surface area contributed by atoms with Crippen LogP contribution in [0.2, 0.25) is 0 Å². The zero-order valence-electron chi connectivity index (χ0n) is 16.5. The average molecular weight is 391 g/mol. The highest BCUT2D eigenvalue weighted by atomic mass is 16.4. The fraction of sp³-hybridized carbons (Fsp3) is 0.650. The number of piperidine rings is 1. The van der Waals surface area contributed by atoms with Gasteiger partial charge >= 0.3 is 12.0 Å². The van der Waals surface area contributed by atoms with Gasteiger partial charge in [0.15, 0.2) is 0 Å². The van der Waals surface area contributed by atoms with E-state index in [4.69, 9.17) is 9.52 Å². The second-order valence-corrected chi connectivity index (χ2v) is 7.90. The van der Waals surface area contributed by atoms with Gasteiger partial charge in [0.2, 0.25) is 0 Å². The van der Waals surface area contributed by atoms with Crippen LogP contribution in [0.5, 0.6) is 0 Å². The van der Waals surface area contributed by atoms with E-state index in [1.165, 1.54) is 0 Å². The molecule has 28 heavy (non-hydrogen) atoms. The van der Waals surface area contributed by atoms with Crippen molar-refractivity contribution in [1.82, 2.24) is 15.5 Å². The second-order valence-electron chi connectivity index (χ2n) is 7.90. The molecule has 1 aromatic heterocycles. The Balaban J connectivity index is 1.41. The number of nitrogens with one attached hydrogen (secondary N) is 2. The van der Waals surface area contributed by atoms with Gasteiger partial charge in [0, 0.05) is 25.2 Å². The molecule has 1 saturated heterocycles. The SMILES string of the molecule is Cc1cc(C(=O)NC2CCN(C(=O)NC3CCC(C(=O)O)CC3)CC2)c(C)o1. The number of aliphatic carboxylic acids is 1. The third-order valence-corrected chi connectivity index (χ3v) is 5.81. The van der Waals surface area contributed by atoms with Crippen LogP contribution < -0.4 is 10.6 Å². The Morgan fingerprint density at radius 3 is 2.14 bits per heavy atom. The Morgan fingerprint density at radius 1 is 1.00 bits per heavy atom. The summed E-state index contributed by atoms with van der Waals surface area (Å²) in [6.07, 6.45) is 4.06. The molecule has 1 aliphatic heterocycles. The summed E-state index contributed by atoms with van der Waals surface area (Å²) >= 11 is 0. The van der Waals surface area contributed by atoms with Gasteiger partial charge < -0.3 is 25.1 Å². The second kappa shape index (κ2) is 8.67. The Labute approximate surface area is 164 Å². The van der Waals surface area contributed by atoms with Crippen molar-refractivity contribution >= 4 is 17.9 Å². The summed E-state index contributed by atoms with van der Waals surface area (Å²) in [6.45, 7) is 4.77. The smallest absolute Gasteiger partial charge is 0.317 e. The number of carbonyl (C=O) groups excluding carboxylic acids is 2. The van der Waals surface area contributed by atoms with Crippen LogP contribution in [0.25, 0.3) is 0 Å². The molecule has 3 amide bonds. The number of hydrogen-bond donors (Lipinski definition) is 3. The van der Waals surface area contributed by atoms with Crippen LogP contribution in [0.4, 0.5) is 4.79 Å². The van der Waals surface area contributed by atoms with Crippen LogP contribution >= 0.6 is 0 Å². The number of nitrogens with zero attached hydrogens (tertiary/aromatic N) is 1. The molecule has 0 radical (unpaired) electrons. The molecule has 3 N–H and O–H groups in total. The van der Waals surface area contributed by atoms with Gasteiger partial charge in [0.05, 0.1) is 11.5 Å². The maximum Gasteiger partial charge on any atom is 0.317 e. The first-order chi connectivity index (χ1) is 13.3. The van der Waals surface area contributed by atoms with Gasteiger partial charge in [0.25, 0.3) is 5.91 Å². The van der Waals surface area contributed by atoms with Crippen molar-refractivity contribution in [2.75, 3.05) is 13.1 Å². The van der Waals surface area contributed by atoms with E-state index in [0.29, 0.717) is 68.7 Å². The number of hydrogen-bond acceptors (Lipinski definition) is 4. The lowest BCUT2D eigenvalue weighted by Crippen LogP contribution is -2.51. The van der Waals surface area contributed by atoms with Crippen molar-refractivity contribution in [2.24, 2.45) is 5.92 Å². The Kier molecular flexibility index (Phi) is 6.26. The number of rotatable bonds is 4. The molecule has 0 unspecified atom stereocenters. The first-order valence-electron chi connectivity index (χ1n) is 9.99. The topological polar surface area (TPSA) is 112 Å². The van der Waals surface area contributed by atoms with Crippen LogP contribution in [0.15, 0.2) is 10.5 Å². The molecule has 2 aliphatic rings. The summed E-state index contributed by atoms with van der Waals surface area (Å²) in [7, 11) is 0. The molecule has 2 heterocycles. The van der Waals surface area contributed by atoms with Gasteiger partial charge in [-0.05, 0) is 58.4 Å². The van der Waals surface area contributed by atoms with Crippen molar-refractivity contribution in [2.45, 2.75) is 64.5 Å². The fourth-order valence-corrected chi connectivity index (χ4v) is 4.10. The molecule has 3 rings (SSSR count). The van der Waals surface area contributed by atoms with Crippen molar-refractivity contribution < 1.29 is 23.9 Å². The normalized spacial score (nSPS) is 23.3. The summed E-state index contributed by atoms with van der Waals surface area (Å²) in [5.74, 6) is 0.174. The summed E-state index contributed by atoms with van der Waals surface area (Å²) in [6, 6.07) is 1.74. The Hall–Kier alpha value is -2.51. The minimum atomic E-state index is -0.741. The highest BCUT2D eigenvalue weighted by Gasteiger charge is 2.29. The molecule has 8 heteroatoms. The van der Waals surface area contributed by atoms with Gasteiger partial charge in [-0.3, -0.25) is 9.59 Å². The number of carbonyl (C=O) groups is 3. The maximum atomic E-state index is 12.5. The molecule has 1 aromatic rings. The third-order valence-electron chi connectivity index (χ3n) is 5.81. The number of likely N-dealkylation sites (tertiary alicyclic amines) is 1. The van der Waals surface area contributed by atoms with Crippen molar-refractivity contribution in [3.05, 3.63) is 23.2 Å². The lowest BCUT2D eigenvalue weighted by Gasteiger charge is -2.34. The Bertz CT molecular complexity index is 728. The van der Waals surface area contributed by atoms with Crippen LogP contribution in [0.3, 0.4) is 0 Å². The van der Waals surface area contributed by atoms with E-state index in [0.717, 1.165) is 0 Å². The maximum absolute atomic E-state index is 12.5. The number of furan rings is 1. The molecule has 0 spiro atoms. The number of carboxylic acids is 1. The minimum absolute atomic E-state index is 0.0390. The van der Waals surface area contributed by atoms with E-state index in [2.05, 4.69) is 10.6 Å². The molecule has 0 atom stereocenters. The Morgan fingerprint density at radius 2 is 1.61 bits per heavy atom. The largest absolute Gasteiger partial charge is 0.481 e. The lowest BCUT2D eigenvalue weighted by atomic mass is 9.86. The quantitative estimate of drug-likeness (QED) is 0.730. The predicted octanol–water partition coefficient (Wildman–Crippen LogP) is 2.44. The molecule has 154 valence electrons. The zero-order chi connectivity index (χ0) is 20.3. The summed E-state index contributed by atoms with van der Waals surface area (Å²) in [4.78, 5) is 37.7. The lowest BCUT2D eigenvalue weighted by molar-refractivity contribution is -0.142. The fourth-order valence-electron chi connectivity index (χ4n) is 4.10.